The van der Waals surface area contributed by atoms with Crippen LogP contribution in [0, 0.1) is 0 Å². The molecule has 2 aliphatic heterocycles. The van der Waals surface area contributed by atoms with Crippen molar-refractivity contribution in [1.82, 2.24) is 4.90 Å². The van der Waals surface area contributed by atoms with Crippen LogP contribution in [0.1, 0.15) is 36.0 Å². The van der Waals surface area contributed by atoms with E-state index in [1.807, 2.05) is 0 Å². The summed E-state index contributed by atoms with van der Waals surface area (Å²) in [5.74, 6) is -0.208. The number of aromatic carboxylic acids is 1. The minimum absolute atomic E-state index is 0.289. The van der Waals surface area contributed by atoms with Crippen LogP contribution in [-0.4, -0.2) is 48.3 Å². The van der Waals surface area contributed by atoms with Gasteiger partial charge in [-0.1, -0.05) is 6.42 Å². The topological polar surface area (TPSA) is 61.8 Å². The number of piperidine rings is 1. The number of rotatable bonds is 4. The van der Waals surface area contributed by atoms with E-state index < -0.39 is 5.97 Å². The molecule has 2 atom stereocenters. The zero-order valence-corrected chi connectivity index (χ0v) is 12.3. The Morgan fingerprint density at radius 2 is 2.19 bits per heavy atom. The quantitative estimate of drug-likeness (QED) is 0.892. The first-order valence-electron chi connectivity index (χ1n) is 7.61. The van der Waals surface area contributed by atoms with Crippen molar-refractivity contribution in [1.29, 1.82) is 0 Å². The van der Waals surface area contributed by atoms with Crippen molar-refractivity contribution in [2.24, 2.45) is 0 Å². The van der Waals surface area contributed by atoms with Crippen LogP contribution in [-0.2, 0) is 0 Å². The Kier molecular flexibility index (Phi) is 4.01. The van der Waals surface area contributed by atoms with Gasteiger partial charge < -0.3 is 15.2 Å². The van der Waals surface area contributed by atoms with Gasteiger partial charge in [0.15, 0.2) is 0 Å². The lowest BCUT2D eigenvalue weighted by atomic mass is 9.98. The molecule has 0 bridgehead atoms. The van der Waals surface area contributed by atoms with E-state index in [1.54, 1.807) is 25.3 Å². The number of hydrogen-bond acceptors (Lipinski definition) is 4. The van der Waals surface area contributed by atoms with Gasteiger partial charge in [0.1, 0.15) is 5.75 Å². The Hall–Kier alpha value is -1.75. The van der Waals surface area contributed by atoms with Crippen LogP contribution in [0.15, 0.2) is 18.2 Å². The smallest absolute Gasteiger partial charge is 0.335 e. The van der Waals surface area contributed by atoms with Crippen molar-refractivity contribution in [2.75, 3.05) is 25.5 Å². The number of carboxylic acids is 1. The van der Waals surface area contributed by atoms with Gasteiger partial charge >= 0.3 is 5.97 Å². The van der Waals surface area contributed by atoms with Crippen molar-refractivity contribution >= 4 is 11.7 Å². The number of carbonyl (C=O) groups is 1. The maximum atomic E-state index is 11.1. The monoisotopic (exact) mass is 290 g/mol. The molecule has 2 N–H and O–H groups in total. The lowest BCUT2D eigenvalue weighted by molar-refractivity contribution is 0.0697. The molecule has 0 aliphatic carbocycles. The molecule has 2 fully saturated rings. The Morgan fingerprint density at radius 1 is 1.33 bits per heavy atom. The molecule has 21 heavy (non-hydrogen) atoms. The van der Waals surface area contributed by atoms with Crippen molar-refractivity contribution in [2.45, 2.75) is 37.8 Å². The highest BCUT2D eigenvalue weighted by atomic mass is 16.5. The standard InChI is InChI=1S/C16H22N2O3/c1-21-15-6-5-11(16(19)20)10-13(15)17-12-7-9-18-8-3-2-4-14(12)18/h5-6,10,12,14,17H,2-4,7-9H2,1H3,(H,19,20). The molecule has 5 heteroatoms. The first-order valence-corrected chi connectivity index (χ1v) is 7.61. The van der Waals surface area contributed by atoms with Gasteiger partial charge in [0.2, 0.25) is 0 Å². The van der Waals surface area contributed by atoms with Gasteiger partial charge in [-0.3, -0.25) is 4.90 Å². The Labute approximate surface area is 124 Å². The fraction of sp³-hybridized carbons (Fsp3) is 0.562. The number of fused-ring (bicyclic) bond motifs is 1. The summed E-state index contributed by atoms with van der Waals surface area (Å²) in [5.41, 5.74) is 1.08. The molecule has 2 heterocycles. The number of nitrogens with zero attached hydrogens (tertiary/aromatic N) is 1. The Bertz CT molecular complexity index is 532. The lowest BCUT2D eigenvalue weighted by Crippen LogP contribution is -2.41. The average molecular weight is 290 g/mol. The third-order valence-electron chi connectivity index (χ3n) is 4.64. The second-order valence-corrected chi connectivity index (χ2v) is 5.86. The fourth-order valence-corrected chi connectivity index (χ4v) is 3.57. The van der Waals surface area contributed by atoms with Crippen molar-refractivity contribution in [3.63, 3.8) is 0 Å². The second-order valence-electron chi connectivity index (χ2n) is 5.86. The summed E-state index contributed by atoms with van der Waals surface area (Å²) in [5, 5.41) is 12.7. The number of methoxy groups -OCH3 is 1. The van der Waals surface area contributed by atoms with Crippen molar-refractivity contribution in [3.8, 4) is 5.75 Å². The van der Waals surface area contributed by atoms with E-state index in [0.29, 0.717) is 17.8 Å². The molecule has 114 valence electrons. The van der Waals surface area contributed by atoms with E-state index in [1.165, 1.54) is 25.8 Å². The van der Waals surface area contributed by atoms with Crippen LogP contribution in [0.25, 0.3) is 0 Å². The number of hydrogen-bond donors (Lipinski definition) is 2. The highest BCUT2D eigenvalue weighted by Crippen LogP contribution is 2.32. The van der Waals surface area contributed by atoms with Crippen LogP contribution in [0.3, 0.4) is 0 Å². The zero-order chi connectivity index (χ0) is 14.8. The van der Waals surface area contributed by atoms with Crippen LogP contribution in [0.5, 0.6) is 5.75 Å². The molecule has 0 amide bonds. The minimum atomic E-state index is -0.911. The Balaban J connectivity index is 1.80. The molecule has 0 radical (unpaired) electrons. The molecular formula is C16H22N2O3. The van der Waals surface area contributed by atoms with Gasteiger partial charge in [-0.15, -0.1) is 0 Å². The van der Waals surface area contributed by atoms with Crippen LogP contribution in [0.4, 0.5) is 5.69 Å². The van der Waals surface area contributed by atoms with Gasteiger partial charge in [0, 0.05) is 18.6 Å². The molecular weight excluding hydrogens is 268 g/mol. The van der Waals surface area contributed by atoms with E-state index in [2.05, 4.69) is 10.2 Å². The van der Waals surface area contributed by atoms with Crippen LogP contribution in [0.2, 0.25) is 0 Å². The number of anilines is 1. The second kappa shape index (κ2) is 5.93. The molecule has 5 nitrogen and oxygen atoms in total. The van der Waals surface area contributed by atoms with Crippen molar-refractivity contribution < 1.29 is 14.6 Å². The van der Waals surface area contributed by atoms with E-state index in [0.717, 1.165) is 18.7 Å². The predicted molar refractivity (Wildman–Crippen MR) is 81.2 cm³/mol. The number of benzene rings is 1. The first-order chi connectivity index (χ1) is 10.2. The maximum absolute atomic E-state index is 11.1. The van der Waals surface area contributed by atoms with E-state index in [4.69, 9.17) is 9.84 Å². The first kappa shape index (κ1) is 14.2. The van der Waals surface area contributed by atoms with E-state index in [-0.39, 0.29) is 5.56 Å². The summed E-state index contributed by atoms with van der Waals surface area (Å²) in [6.45, 7) is 2.32. The summed E-state index contributed by atoms with van der Waals surface area (Å²) in [7, 11) is 1.61. The van der Waals surface area contributed by atoms with Crippen LogP contribution < -0.4 is 10.1 Å². The Morgan fingerprint density at radius 3 is 2.95 bits per heavy atom. The third kappa shape index (κ3) is 2.83. The molecule has 1 aromatic carbocycles. The fourth-order valence-electron chi connectivity index (χ4n) is 3.57. The predicted octanol–water partition coefficient (Wildman–Crippen LogP) is 2.43. The SMILES string of the molecule is COc1ccc(C(=O)O)cc1NC1CCN2CCCCC12. The average Bonchev–Trinajstić information content (AvgIpc) is 2.90. The molecule has 2 saturated heterocycles. The third-order valence-corrected chi connectivity index (χ3v) is 4.64. The van der Waals surface area contributed by atoms with Crippen molar-refractivity contribution in [3.05, 3.63) is 23.8 Å². The largest absolute Gasteiger partial charge is 0.495 e. The number of nitrogens with one attached hydrogen (secondary N) is 1. The van der Waals surface area contributed by atoms with Gasteiger partial charge in [-0.25, -0.2) is 4.79 Å². The highest BCUT2D eigenvalue weighted by molar-refractivity contribution is 5.89. The molecule has 2 aliphatic rings. The van der Waals surface area contributed by atoms with Gasteiger partial charge in [-0.2, -0.15) is 0 Å². The molecule has 2 unspecified atom stereocenters. The molecule has 1 aromatic rings. The minimum Gasteiger partial charge on any atom is -0.495 e. The zero-order valence-electron chi connectivity index (χ0n) is 12.3. The lowest BCUT2D eigenvalue weighted by Gasteiger charge is -2.33. The van der Waals surface area contributed by atoms with Gasteiger partial charge in [0.25, 0.3) is 0 Å². The summed E-state index contributed by atoms with van der Waals surface area (Å²) >= 11 is 0. The number of ether oxygens (including phenoxy) is 1. The normalized spacial score (nSPS) is 25.4. The number of carboxylic acid groups (broad SMARTS) is 1. The van der Waals surface area contributed by atoms with E-state index >= 15 is 0 Å². The molecule has 0 saturated carbocycles. The summed E-state index contributed by atoms with van der Waals surface area (Å²) < 4.78 is 5.36. The van der Waals surface area contributed by atoms with E-state index in [9.17, 15) is 4.79 Å². The van der Waals surface area contributed by atoms with Crippen LogP contribution >= 0.6 is 0 Å². The van der Waals surface area contributed by atoms with Gasteiger partial charge in [-0.05, 0) is 44.0 Å². The summed E-state index contributed by atoms with van der Waals surface area (Å²) in [4.78, 5) is 13.7. The maximum Gasteiger partial charge on any atom is 0.335 e. The summed E-state index contributed by atoms with van der Waals surface area (Å²) in [6.07, 6.45) is 4.90. The molecule has 0 aromatic heterocycles. The molecule has 3 rings (SSSR count). The summed E-state index contributed by atoms with van der Waals surface area (Å²) in [6, 6.07) is 5.92. The highest BCUT2D eigenvalue weighted by Gasteiger charge is 2.35. The molecule has 0 spiro atoms. The van der Waals surface area contributed by atoms with Gasteiger partial charge in [0.05, 0.1) is 18.4 Å².